The van der Waals surface area contributed by atoms with Crippen molar-refractivity contribution >= 4 is 127 Å². The van der Waals surface area contributed by atoms with E-state index >= 15 is 0 Å². The summed E-state index contributed by atoms with van der Waals surface area (Å²) in [5.74, 6) is -3.57. The van der Waals surface area contributed by atoms with E-state index in [9.17, 15) is 24.3 Å². The van der Waals surface area contributed by atoms with Crippen LogP contribution in [0.15, 0.2) is 110 Å². The molecule has 0 fully saturated rings. The topological polar surface area (TPSA) is 174 Å². The summed E-state index contributed by atoms with van der Waals surface area (Å²) in [7, 11) is 0. The number of aromatic nitrogens is 6. The number of aryl methyl sites for hydroxylation is 1. The van der Waals surface area contributed by atoms with Crippen LogP contribution in [-0.4, -0.2) is 57.6 Å². The molecule has 4 aromatic heterocycles. The number of anilines is 2. The van der Waals surface area contributed by atoms with Crippen molar-refractivity contribution in [1.82, 2.24) is 29.1 Å². The van der Waals surface area contributed by atoms with Gasteiger partial charge in [0.25, 0.3) is 23.4 Å². The van der Waals surface area contributed by atoms with Gasteiger partial charge in [0.05, 0.1) is 35.2 Å². The number of rotatable bonds is 10. The number of phenols is 1. The van der Waals surface area contributed by atoms with E-state index < -0.39 is 23.4 Å². The molecule has 0 spiro atoms. The Morgan fingerprint density at radius 3 is 1.42 bits per heavy atom. The van der Waals surface area contributed by atoms with Crippen molar-refractivity contribution in [2.24, 2.45) is 0 Å². The molecule has 312 valence electrons. The molecule has 0 bridgehead atoms. The third-order valence-corrected chi connectivity index (χ3v) is 11.2. The molecule has 0 radical (unpaired) electrons. The largest absolute Gasteiger partial charge is 0.508 e. The summed E-state index contributed by atoms with van der Waals surface area (Å²) in [4.78, 5) is 66.8. The minimum atomic E-state index is -0.958. The second-order valence-electron chi connectivity index (χ2n) is 13.4. The highest BCUT2D eigenvalue weighted by Crippen LogP contribution is 2.36. The lowest BCUT2D eigenvalue weighted by atomic mass is 10.1. The number of carbonyl (C=O) groups is 4. The van der Waals surface area contributed by atoms with Crippen molar-refractivity contribution in [2.75, 3.05) is 10.6 Å². The maximum atomic E-state index is 13.1. The van der Waals surface area contributed by atoms with Crippen LogP contribution in [0.1, 0.15) is 37.4 Å². The highest BCUT2D eigenvalue weighted by molar-refractivity contribution is 6.52. The van der Waals surface area contributed by atoms with Gasteiger partial charge in [-0.3, -0.25) is 29.8 Å². The van der Waals surface area contributed by atoms with Gasteiger partial charge in [0.2, 0.25) is 11.9 Å². The quantitative estimate of drug-likeness (QED) is 0.0890. The molecule has 2 amide bonds. The van der Waals surface area contributed by atoms with E-state index in [1.807, 2.05) is 25.1 Å². The number of halogens is 6. The van der Waals surface area contributed by atoms with E-state index in [0.29, 0.717) is 54.0 Å². The minimum absolute atomic E-state index is 0.0171. The smallest absolute Gasteiger partial charge is 0.299 e. The first-order valence-corrected chi connectivity index (χ1v) is 20.4. The van der Waals surface area contributed by atoms with Crippen LogP contribution >= 0.6 is 69.6 Å². The number of benzene rings is 4. The van der Waals surface area contributed by atoms with Crippen LogP contribution in [0.4, 0.5) is 11.9 Å². The van der Waals surface area contributed by atoms with Crippen LogP contribution in [0, 0.1) is 6.92 Å². The number of fused-ring (bicyclic) bond motifs is 2. The molecular weight excluding hydrogens is 921 g/mol. The fourth-order valence-electron chi connectivity index (χ4n) is 6.40. The number of amides is 2. The van der Waals surface area contributed by atoms with Crippen LogP contribution in [0.2, 0.25) is 30.4 Å². The number of nitrogens with zero attached hydrogens (tertiary/aromatic N) is 6. The summed E-state index contributed by atoms with van der Waals surface area (Å²) in [6.45, 7) is 2.41. The Bertz CT molecular complexity index is 2850. The zero-order valence-corrected chi connectivity index (χ0v) is 36.4. The molecule has 4 aromatic carbocycles. The molecule has 13 nitrogen and oxygen atoms in total. The Labute approximate surface area is 382 Å². The fraction of sp³-hybridized carbons (Fsp3) is 0.0698. The summed E-state index contributed by atoms with van der Waals surface area (Å²) < 4.78 is 3.37. The van der Waals surface area contributed by atoms with Gasteiger partial charge in [0, 0.05) is 55.7 Å². The number of hydrogen-bond acceptors (Lipinski definition) is 9. The number of carbonyl (C=O) groups excluding carboxylic acids is 4. The molecule has 0 aliphatic carbocycles. The highest BCUT2D eigenvalue weighted by atomic mass is 35.5. The van der Waals surface area contributed by atoms with E-state index in [0.717, 1.165) is 11.1 Å². The standard InChI is InChI=1S/C22H15Cl3N4O2.C21H13Cl3N4O3/c1-12-3-6-17-15(9-12)18(19(30)21(31)28-22-26-7-2-8-27-22)20(25)29(17)11-13-4-5-14(23)10-16(13)24;22-12-3-2-11(15(23)8-12)10-28-16-5-4-13(29)9-14(16)17(19(28)24)18(30)20(31)27-21-25-6-1-7-26-21/h2-10H,11H2,1H3,(H,26,27,28,31);1-9,29H,10H2,(H,25,26,27,31). The number of nitrogens with one attached hydrogen (secondary N) is 2. The lowest BCUT2D eigenvalue weighted by Gasteiger charge is -2.10. The van der Waals surface area contributed by atoms with Crippen LogP contribution in [0.5, 0.6) is 5.75 Å². The zero-order valence-electron chi connectivity index (χ0n) is 31.8. The van der Waals surface area contributed by atoms with Gasteiger partial charge in [-0.15, -0.1) is 0 Å². The fourth-order valence-corrected chi connectivity index (χ4v) is 8.01. The summed E-state index contributed by atoms with van der Waals surface area (Å²) in [5, 5.41) is 17.7. The average molecular weight is 949 g/mol. The third kappa shape index (κ3) is 9.53. The summed E-state index contributed by atoms with van der Waals surface area (Å²) in [5.41, 5.74) is 3.71. The molecule has 0 saturated carbocycles. The SMILES string of the molecule is Cc1ccc2c(c1)c(C(=O)C(=O)Nc1ncccn1)c(Cl)n2Cc1ccc(Cl)cc1Cl.O=C(Nc1ncccn1)C(=O)c1c(Cl)n(Cc2ccc(Cl)cc2Cl)c2ccc(O)cc12. The van der Waals surface area contributed by atoms with Gasteiger partial charge in [-0.25, -0.2) is 19.9 Å². The first-order valence-electron chi connectivity index (χ1n) is 18.1. The van der Waals surface area contributed by atoms with Gasteiger partial charge in [-0.05, 0) is 84.8 Å². The maximum Gasteiger partial charge on any atom is 0.299 e. The zero-order chi connectivity index (χ0) is 44.2. The number of aromatic hydroxyl groups is 1. The van der Waals surface area contributed by atoms with Gasteiger partial charge in [-0.1, -0.05) is 93.4 Å². The van der Waals surface area contributed by atoms with E-state index in [4.69, 9.17) is 69.6 Å². The van der Waals surface area contributed by atoms with Crippen molar-refractivity contribution in [1.29, 1.82) is 0 Å². The van der Waals surface area contributed by atoms with E-state index in [1.54, 1.807) is 63.7 Å². The van der Waals surface area contributed by atoms with Crippen LogP contribution < -0.4 is 10.6 Å². The normalized spacial score (nSPS) is 11.0. The number of phenolic OH excluding ortho intramolecular Hbond substituents is 1. The second kappa shape index (κ2) is 18.9. The van der Waals surface area contributed by atoms with Crippen LogP contribution in [-0.2, 0) is 22.7 Å². The third-order valence-electron chi connectivity index (χ3n) is 9.27. The monoisotopic (exact) mass is 946 g/mol. The molecule has 0 unspecified atom stereocenters. The van der Waals surface area contributed by atoms with Gasteiger partial charge in [0.1, 0.15) is 16.1 Å². The molecule has 3 N–H and O–H groups in total. The summed E-state index contributed by atoms with van der Waals surface area (Å²) in [6, 6.07) is 23.4. The van der Waals surface area contributed by atoms with E-state index in [2.05, 4.69) is 30.6 Å². The Morgan fingerprint density at radius 1 is 0.565 bits per heavy atom. The Balaban J connectivity index is 0.000000186. The Hall–Kier alpha value is -6.06. The van der Waals surface area contributed by atoms with Crippen LogP contribution in [0.3, 0.4) is 0 Å². The van der Waals surface area contributed by atoms with Gasteiger partial charge < -0.3 is 14.2 Å². The van der Waals surface area contributed by atoms with Crippen molar-refractivity contribution in [3.63, 3.8) is 0 Å². The number of Topliss-reactive ketones (excluding diaryl/α,β-unsaturated/α-hetero) is 2. The molecule has 0 saturated heterocycles. The van der Waals surface area contributed by atoms with Gasteiger partial charge in [-0.2, -0.15) is 0 Å². The Morgan fingerprint density at radius 2 is 0.984 bits per heavy atom. The van der Waals surface area contributed by atoms with Crippen LogP contribution in [0.25, 0.3) is 21.8 Å². The number of hydrogen-bond donors (Lipinski definition) is 3. The predicted molar refractivity (Wildman–Crippen MR) is 241 cm³/mol. The van der Waals surface area contributed by atoms with Crippen molar-refractivity contribution in [2.45, 2.75) is 20.0 Å². The Kier molecular flexibility index (Phi) is 13.4. The lowest BCUT2D eigenvalue weighted by molar-refractivity contribution is -0.113. The highest BCUT2D eigenvalue weighted by Gasteiger charge is 2.29. The summed E-state index contributed by atoms with van der Waals surface area (Å²) >= 11 is 37.8. The first kappa shape index (κ1) is 44.0. The second-order valence-corrected chi connectivity index (χ2v) is 15.8. The molecule has 19 heteroatoms. The molecule has 0 aliphatic rings. The number of ketones is 2. The molecular formula is C43H28Cl6N8O5. The molecule has 0 atom stereocenters. The average Bonchev–Trinajstić information content (AvgIpc) is 3.67. The molecule has 8 rings (SSSR count). The maximum absolute atomic E-state index is 13.1. The van der Waals surface area contributed by atoms with Gasteiger partial charge in [0.15, 0.2) is 0 Å². The molecule has 0 aliphatic heterocycles. The van der Waals surface area contributed by atoms with E-state index in [1.165, 1.54) is 36.9 Å². The van der Waals surface area contributed by atoms with Crippen molar-refractivity contribution in [3.8, 4) is 5.75 Å². The molecule has 62 heavy (non-hydrogen) atoms. The lowest BCUT2D eigenvalue weighted by Crippen LogP contribution is -2.24. The van der Waals surface area contributed by atoms with Crippen molar-refractivity contribution in [3.05, 3.63) is 168 Å². The van der Waals surface area contributed by atoms with Gasteiger partial charge >= 0.3 is 0 Å². The predicted octanol–water partition coefficient (Wildman–Crippen LogP) is 10.5. The van der Waals surface area contributed by atoms with Crippen molar-refractivity contribution < 1.29 is 24.3 Å². The summed E-state index contributed by atoms with van der Waals surface area (Å²) in [6.07, 6.45) is 5.79. The van der Waals surface area contributed by atoms with E-state index in [-0.39, 0.29) is 45.6 Å². The molecule has 4 heterocycles. The molecule has 8 aromatic rings. The minimum Gasteiger partial charge on any atom is -0.508 e. The first-order chi connectivity index (χ1) is 29.7.